The molecule has 0 unspecified atom stereocenters. The molecule has 1 N–H and O–H groups in total. The number of carboxylic acid groups (broad SMARTS) is 1. The number of benzene rings is 1. The zero-order valence-electron chi connectivity index (χ0n) is 11.4. The van der Waals surface area contributed by atoms with E-state index in [1.165, 1.54) is 12.1 Å². The highest BCUT2D eigenvalue weighted by molar-refractivity contribution is 7.86. The Bertz CT molecular complexity index is 616. The predicted octanol–water partition coefficient (Wildman–Crippen LogP) is 1.79. The highest BCUT2D eigenvalue weighted by atomic mass is 32.2. The molecule has 6 nitrogen and oxygen atoms in total. The molecule has 116 valence electrons. The van der Waals surface area contributed by atoms with E-state index < -0.39 is 28.4 Å². The molecule has 1 aromatic carbocycles. The van der Waals surface area contributed by atoms with Crippen molar-refractivity contribution in [3.8, 4) is 0 Å². The first-order chi connectivity index (χ1) is 9.79. The van der Waals surface area contributed by atoms with E-state index in [-0.39, 0.29) is 24.5 Å². The third-order valence-electron chi connectivity index (χ3n) is 3.33. The average molecular weight is 317 g/mol. The number of hydrogen-bond acceptors (Lipinski definition) is 4. The third kappa shape index (κ3) is 3.70. The van der Waals surface area contributed by atoms with Gasteiger partial charge in [0, 0.05) is 6.42 Å². The van der Waals surface area contributed by atoms with Crippen LogP contribution >= 0.6 is 0 Å². The Morgan fingerprint density at radius 1 is 1.43 bits per heavy atom. The van der Waals surface area contributed by atoms with E-state index in [4.69, 9.17) is 9.29 Å². The van der Waals surface area contributed by atoms with E-state index in [9.17, 15) is 17.6 Å². The van der Waals surface area contributed by atoms with Gasteiger partial charge in [0.1, 0.15) is 6.17 Å². The number of rotatable bonds is 4. The highest BCUT2D eigenvalue weighted by Gasteiger charge is 2.36. The van der Waals surface area contributed by atoms with Crippen LogP contribution in [0.4, 0.5) is 9.18 Å². The van der Waals surface area contributed by atoms with Crippen LogP contribution in [-0.2, 0) is 14.3 Å². The lowest BCUT2D eigenvalue weighted by Gasteiger charge is -2.20. The quantitative estimate of drug-likeness (QED) is 0.856. The van der Waals surface area contributed by atoms with E-state index >= 15 is 0 Å². The van der Waals surface area contributed by atoms with Crippen LogP contribution in [0.15, 0.2) is 29.2 Å². The maximum atomic E-state index is 13.3. The highest BCUT2D eigenvalue weighted by Crippen LogP contribution is 2.22. The summed E-state index contributed by atoms with van der Waals surface area (Å²) in [5, 5.41) is 8.93. The molecule has 0 aromatic heterocycles. The second-order valence-electron chi connectivity index (χ2n) is 4.97. The van der Waals surface area contributed by atoms with E-state index in [1.807, 2.05) is 6.92 Å². The van der Waals surface area contributed by atoms with Gasteiger partial charge >= 0.3 is 6.09 Å². The number of amides is 1. The first-order valence-corrected chi connectivity index (χ1v) is 7.80. The zero-order valence-corrected chi connectivity index (χ0v) is 12.2. The van der Waals surface area contributed by atoms with Crippen molar-refractivity contribution in [1.29, 1.82) is 0 Å². The summed E-state index contributed by atoms with van der Waals surface area (Å²) in [5.74, 6) is 0. The summed E-state index contributed by atoms with van der Waals surface area (Å²) in [6.07, 6.45) is -2.64. The van der Waals surface area contributed by atoms with Gasteiger partial charge in [-0.05, 0) is 19.1 Å². The van der Waals surface area contributed by atoms with Crippen LogP contribution in [0.1, 0.15) is 12.0 Å². The lowest BCUT2D eigenvalue weighted by molar-refractivity contribution is 0.123. The monoisotopic (exact) mass is 317 g/mol. The van der Waals surface area contributed by atoms with Gasteiger partial charge in [-0.3, -0.25) is 9.08 Å². The van der Waals surface area contributed by atoms with Crippen LogP contribution < -0.4 is 0 Å². The summed E-state index contributed by atoms with van der Waals surface area (Å²) in [4.78, 5) is 11.8. The van der Waals surface area contributed by atoms with E-state index in [0.29, 0.717) is 0 Å². The summed E-state index contributed by atoms with van der Waals surface area (Å²) in [6, 6.07) is 5.29. The normalized spacial score (nSPS) is 22.5. The Hall–Kier alpha value is -1.67. The topological polar surface area (TPSA) is 83.9 Å². The minimum Gasteiger partial charge on any atom is -0.465 e. The summed E-state index contributed by atoms with van der Waals surface area (Å²) >= 11 is 0. The van der Waals surface area contributed by atoms with Crippen molar-refractivity contribution in [2.24, 2.45) is 0 Å². The molecular weight excluding hydrogens is 301 g/mol. The first kappa shape index (κ1) is 15.7. The second-order valence-corrected chi connectivity index (χ2v) is 6.59. The number of hydrogen-bond donors (Lipinski definition) is 1. The molecule has 0 aliphatic carbocycles. The lowest BCUT2D eigenvalue weighted by atomic mass is 10.2. The molecule has 1 fully saturated rings. The van der Waals surface area contributed by atoms with E-state index in [2.05, 4.69) is 0 Å². The maximum Gasteiger partial charge on any atom is 0.407 e. The van der Waals surface area contributed by atoms with Crippen LogP contribution in [0.3, 0.4) is 0 Å². The fourth-order valence-electron chi connectivity index (χ4n) is 2.19. The molecule has 1 amide bonds. The van der Waals surface area contributed by atoms with Crippen molar-refractivity contribution >= 4 is 16.2 Å². The first-order valence-electron chi connectivity index (χ1n) is 6.39. The molecule has 1 aliphatic rings. The molecular formula is C13H16FNO5S. The lowest BCUT2D eigenvalue weighted by Crippen LogP contribution is -2.37. The van der Waals surface area contributed by atoms with Gasteiger partial charge in [-0.15, -0.1) is 0 Å². The summed E-state index contributed by atoms with van der Waals surface area (Å²) < 4.78 is 42.1. The van der Waals surface area contributed by atoms with Gasteiger partial charge in [0.15, 0.2) is 0 Å². The number of aryl methyl sites for hydroxylation is 1. The molecule has 0 spiro atoms. The Morgan fingerprint density at radius 2 is 2.05 bits per heavy atom. The van der Waals surface area contributed by atoms with Crippen molar-refractivity contribution in [3.05, 3.63) is 29.8 Å². The third-order valence-corrected chi connectivity index (χ3v) is 4.63. The number of halogens is 1. The van der Waals surface area contributed by atoms with Crippen LogP contribution in [0.5, 0.6) is 0 Å². The zero-order chi connectivity index (χ0) is 15.6. The molecule has 1 saturated heterocycles. The minimum absolute atomic E-state index is 0.00947. The Labute approximate surface area is 122 Å². The summed E-state index contributed by atoms with van der Waals surface area (Å²) in [5.41, 5.74) is 0.905. The van der Waals surface area contributed by atoms with Gasteiger partial charge < -0.3 is 5.11 Å². The maximum absolute atomic E-state index is 13.3. The van der Waals surface area contributed by atoms with Crippen molar-refractivity contribution in [3.63, 3.8) is 0 Å². The molecule has 2 rings (SSSR count). The molecule has 1 heterocycles. The smallest absolute Gasteiger partial charge is 0.407 e. The molecule has 2 atom stereocenters. The van der Waals surface area contributed by atoms with Gasteiger partial charge in [-0.2, -0.15) is 8.42 Å². The number of likely N-dealkylation sites (tertiary alicyclic amines) is 1. The Balaban J connectivity index is 2.04. The van der Waals surface area contributed by atoms with Crippen molar-refractivity contribution in [2.75, 3.05) is 13.2 Å². The summed E-state index contributed by atoms with van der Waals surface area (Å²) in [7, 11) is -3.97. The van der Waals surface area contributed by atoms with Crippen molar-refractivity contribution in [2.45, 2.75) is 30.5 Å². The van der Waals surface area contributed by atoms with Gasteiger partial charge in [-0.1, -0.05) is 17.7 Å². The summed E-state index contributed by atoms with van der Waals surface area (Å²) in [6.45, 7) is 1.18. The largest absolute Gasteiger partial charge is 0.465 e. The molecule has 21 heavy (non-hydrogen) atoms. The van der Waals surface area contributed by atoms with Gasteiger partial charge in [0.05, 0.1) is 24.1 Å². The fourth-order valence-corrected chi connectivity index (χ4v) is 3.13. The molecule has 8 heteroatoms. The van der Waals surface area contributed by atoms with Crippen molar-refractivity contribution in [1.82, 2.24) is 4.90 Å². The number of nitrogens with zero attached hydrogens (tertiary/aromatic N) is 1. The van der Waals surface area contributed by atoms with Crippen molar-refractivity contribution < 1.29 is 26.9 Å². The predicted molar refractivity (Wildman–Crippen MR) is 72.3 cm³/mol. The number of carbonyl (C=O) groups is 1. The Morgan fingerprint density at radius 3 is 2.62 bits per heavy atom. The van der Waals surface area contributed by atoms with Crippen LogP contribution in [0.2, 0.25) is 0 Å². The fraction of sp³-hybridized carbons (Fsp3) is 0.462. The molecule has 0 radical (unpaired) electrons. The van der Waals surface area contributed by atoms with Crippen LogP contribution in [0, 0.1) is 6.92 Å². The van der Waals surface area contributed by atoms with Gasteiger partial charge in [0.2, 0.25) is 0 Å². The SMILES string of the molecule is Cc1ccc(S(=O)(=O)OC[C@@H]2C[C@@H](F)CN2C(=O)O)cc1. The molecule has 1 aromatic rings. The van der Waals surface area contributed by atoms with E-state index in [0.717, 1.165) is 10.5 Å². The molecule has 0 saturated carbocycles. The second kappa shape index (κ2) is 5.98. The van der Waals surface area contributed by atoms with Gasteiger partial charge in [0.25, 0.3) is 10.1 Å². The standard InChI is InChI=1S/C13H16FNO5S/c1-9-2-4-12(5-3-9)21(18,19)20-8-11-6-10(14)7-15(11)13(16)17/h2-5,10-11H,6-8H2,1H3,(H,16,17)/t10-,11+/m1/s1. The number of alkyl halides is 1. The Kier molecular flexibility index (Phi) is 4.48. The average Bonchev–Trinajstić information content (AvgIpc) is 2.79. The van der Waals surface area contributed by atoms with Crippen LogP contribution in [-0.4, -0.2) is 49.9 Å². The van der Waals surface area contributed by atoms with Crippen LogP contribution in [0.25, 0.3) is 0 Å². The molecule has 1 aliphatic heterocycles. The van der Waals surface area contributed by atoms with E-state index in [1.54, 1.807) is 12.1 Å². The van der Waals surface area contributed by atoms with Gasteiger partial charge in [-0.25, -0.2) is 9.18 Å². The minimum atomic E-state index is -3.97. The molecule has 0 bridgehead atoms.